The number of amides is 1. The van der Waals surface area contributed by atoms with Gasteiger partial charge in [0.15, 0.2) is 11.6 Å². The Morgan fingerprint density at radius 2 is 2.00 bits per heavy atom. The van der Waals surface area contributed by atoms with Gasteiger partial charge in [-0.15, -0.1) is 5.10 Å². The second-order valence-corrected chi connectivity index (χ2v) is 7.04. The van der Waals surface area contributed by atoms with Gasteiger partial charge in [0.25, 0.3) is 5.91 Å². The Morgan fingerprint density at radius 3 is 2.59 bits per heavy atom. The molecule has 1 aliphatic rings. The standard InChI is InChI=1S/C18H28N6O2.ClH/c1-4-5-7-15(17-19-20-21-24(17)14(2)3)22-9-11-23(12-10-22)18(25)16-8-6-13-26-16;/h6,8,13-15H,4-5,7,9-12H2,1-3H3;1H/p-1. The second-order valence-electron chi connectivity index (χ2n) is 7.04. The Kier molecular flexibility index (Phi) is 7.79. The minimum Gasteiger partial charge on any atom is -1.00 e. The van der Waals surface area contributed by atoms with Crippen molar-refractivity contribution in [3.63, 3.8) is 0 Å². The van der Waals surface area contributed by atoms with Crippen LogP contribution in [-0.4, -0.2) is 62.1 Å². The van der Waals surface area contributed by atoms with Crippen molar-refractivity contribution in [1.29, 1.82) is 0 Å². The molecule has 150 valence electrons. The summed E-state index contributed by atoms with van der Waals surface area (Å²) in [6, 6.07) is 3.88. The van der Waals surface area contributed by atoms with E-state index in [0.29, 0.717) is 18.8 Å². The van der Waals surface area contributed by atoms with Gasteiger partial charge >= 0.3 is 0 Å². The fraction of sp³-hybridized carbons (Fsp3) is 0.667. The molecule has 1 aliphatic heterocycles. The maximum absolute atomic E-state index is 12.5. The molecule has 0 bridgehead atoms. The highest BCUT2D eigenvalue weighted by Crippen LogP contribution is 2.27. The summed E-state index contributed by atoms with van der Waals surface area (Å²) < 4.78 is 7.16. The van der Waals surface area contributed by atoms with E-state index in [2.05, 4.69) is 41.2 Å². The van der Waals surface area contributed by atoms with Crippen molar-refractivity contribution < 1.29 is 21.6 Å². The molecule has 2 aromatic heterocycles. The molecular formula is C18H28ClN6O2-. The Morgan fingerprint density at radius 1 is 1.26 bits per heavy atom. The lowest BCUT2D eigenvalue weighted by atomic mass is 10.1. The predicted molar refractivity (Wildman–Crippen MR) is 96.7 cm³/mol. The quantitative estimate of drug-likeness (QED) is 0.631. The zero-order chi connectivity index (χ0) is 18.5. The van der Waals surface area contributed by atoms with Crippen LogP contribution >= 0.6 is 0 Å². The molecule has 0 N–H and O–H groups in total. The van der Waals surface area contributed by atoms with Gasteiger partial charge in [-0.25, -0.2) is 4.68 Å². The monoisotopic (exact) mass is 395 g/mol. The average molecular weight is 396 g/mol. The molecule has 1 atom stereocenters. The van der Waals surface area contributed by atoms with Crippen molar-refractivity contribution in [1.82, 2.24) is 30.0 Å². The lowest BCUT2D eigenvalue weighted by Gasteiger charge is -2.38. The van der Waals surface area contributed by atoms with Crippen molar-refractivity contribution in [3.05, 3.63) is 30.0 Å². The second kappa shape index (κ2) is 9.85. The van der Waals surface area contributed by atoms with Crippen LogP contribution in [-0.2, 0) is 0 Å². The number of carbonyl (C=O) groups is 1. The first kappa shape index (κ1) is 21.4. The third-order valence-corrected chi connectivity index (χ3v) is 4.91. The third kappa shape index (κ3) is 4.87. The van der Waals surface area contributed by atoms with Crippen LogP contribution < -0.4 is 12.4 Å². The number of unbranched alkanes of at least 4 members (excludes halogenated alkanes) is 1. The molecule has 0 aliphatic carbocycles. The third-order valence-electron chi connectivity index (χ3n) is 4.91. The van der Waals surface area contributed by atoms with Gasteiger partial charge in [0.2, 0.25) is 0 Å². The maximum atomic E-state index is 12.5. The number of hydrogen-bond donors (Lipinski definition) is 0. The topological polar surface area (TPSA) is 80.3 Å². The summed E-state index contributed by atoms with van der Waals surface area (Å²) in [7, 11) is 0. The molecule has 3 heterocycles. The number of furan rings is 1. The van der Waals surface area contributed by atoms with E-state index in [1.54, 1.807) is 12.1 Å². The first-order valence-electron chi connectivity index (χ1n) is 9.46. The molecule has 2 aromatic rings. The van der Waals surface area contributed by atoms with Gasteiger partial charge in [-0.3, -0.25) is 9.69 Å². The SMILES string of the molecule is CCCCC(c1nnnn1C(C)C)N1CCN(C(=O)c2ccco2)CC1.[Cl-]. The molecule has 0 saturated carbocycles. The van der Waals surface area contributed by atoms with Crippen LogP contribution in [0.1, 0.15) is 68.5 Å². The van der Waals surface area contributed by atoms with Gasteiger partial charge in [-0.05, 0) is 42.8 Å². The molecule has 0 aromatic carbocycles. The summed E-state index contributed by atoms with van der Waals surface area (Å²) in [4.78, 5) is 16.7. The number of piperazine rings is 1. The molecule has 1 unspecified atom stereocenters. The minimum absolute atomic E-state index is 0. The number of aromatic nitrogens is 4. The van der Waals surface area contributed by atoms with Gasteiger partial charge < -0.3 is 21.7 Å². The van der Waals surface area contributed by atoms with E-state index in [9.17, 15) is 4.79 Å². The molecule has 9 heteroatoms. The lowest BCUT2D eigenvalue weighted by Crippen LogP contribution is -3.00. The number of carbonyl (C=O) groups excluding carboxylic acids is 1. The fourth-order valence-corrected chi connectivity index (χ4v) is 3.45. The van der Waals surface area contributed by atoms with Crippen molar-refractivity contribution >= 4 is 5.91 Å². The van der Waals surface area contributed by atoms with Crippen LogP contribution in [0, 0.1) is 0 Å². The molecule has 8 nitrogen and oxygen atoms in total. The van der Waals surface area contributed by atoms with E-state index in [-0.39, 0.29) is 30.4 Å². The molecule has 1 fully saturated rings. The minimum atomic E-state index is -0.0354. The van der Waals surface area contributed by atoms with E-state index in [0.717, 1.165) is 38.2 Å². The van der Waals surface area contributed by atoms with Crippen LogP contribution in [0.2, 0.25) is 0 Å². The van der Waals surface area contributed by atoms with Crippen molar-refractivity contribution in [2.75, 3.05) is 26.2 Å². The number of nitrogens with zero attached hydrogens (tertiary/aromatic N) is 6. The van der Waals surface area contributed by atoms with Crippen molar-refractivity contribution in [3.8, 4) is 0 Å². The molecule has 0 spiro atoms. The zero-order valence-electron chi connectivity index (χ0n) is 16.2. The smallest absolute Gasteiger partial charge is 0.289 e. The van der Waals surface area contributed by atoms with Gasteiger partial charge in [0.05, 0.1) is 18.3 Å². The van der Waals surface area contributed by atoms with E-state index < -0.39 is 0 Å². The van der Waals surface area contributed by atoms with Gasteiger partial charge in [0.1, 0.15) is 0 Å². The van der Waals surface area contributed by atoms with Gasteiger partial charge in [-0.1, -0.05) is 19.8 Å². The van der Waals surface area contributed by atoms with Crippen LogP contribution in [0.15, 0.2) is 22.8 Å². The first-order chi connectivity index (χ1) is 12.6. The van der Waals surface area contributed by atoms with E-state index in [1.165, 1.54) is 6.26 Å². The Balaban J connectivity index is 0.00000261. The van der Waals surface area contributed by atoms with Crippen molar-refractivity contribution in [2.24, 2.45) is 0 Å². The van der Waals surface area contributed by atoms with Crippen LogP contribution in [0.3, 0.4) is 0 Å². The first-order valence-corrected chi connectivity index (χ1v) is 9.46. The van der Waals surface area contributed by atoms with Crippen molar-refractivity contribution in [2.45, 2.75) is 52.1 Å². The van der Waals surface area contributed by atoms with Crippen LogP contribution in [0.5, 0.6) is 0 Å². The molecule has 0 radical (unpaired) electrons. The summed E-state index contributed by atoms with van der Waals surface area (Å²) in [5, 5.41) is 12.4. The summed E-state index contributed by atoms with van der Waals surface area (Å²) >= 11 is 0. The summed E-state index contributed by atoms with van der Waals surface area (Å²) in [5.74, 6) is 1.30. The average Bonchev–Trinajstić information content (AvgIpc) is 3.34. The Hall–Kier alpha value is -1.93. The highest BCUT2D eigenvalue weighted by molar-refractivity contribution is 5.91. The number of hydrogen-bond acceptors (Lipinski definition) is 6. The fourth-order valence-electron chi connectivity index (χ4n) is 3.45. The number of tetrazole rings is 1. The highest BCUT2D eigenvalue weighted by atomic mass is 35.5. The molecule has 1 saturated heterocycles. The normalized spacial score (nSPS) is 16.4. The highest BCUT2D eigenvalue weighted by Gasteiger charge is 2.31. The van der Waals surface area contributed by atoms with E-state index >= 15 is 0 Å². The van der Waals surface area contributed by atoms with E-state index in [4.69, 9.17) is 4.42 Å². The van der Waals surface area contributed by atoms with Crippen LogP contribution in [0.4, 0.5) is 0 Å². The largest absolute Gasteiger partial charge is 1.00 e. The Labute approximate surface area is 166 Å². The van der Waals surface area contributed by atoms with Gasteiger partial charge in [0, 0.05) is 26.2 Å². The maximum Gasteiger partial charge on any atom is 0.289 e. The molecule has 3 rings (SSSR count). The summed E-state index contributed by atoms with van der Waals surface area (Å²) in [6.07, 6.45) is 4.82. The van der Waals surface area contributed by atoms with Crippen LogP contribution in [0.25, 0.3) is 0 Å². The lowest BCUT2D eigenvalue weighted by molar-refractivity contribution is -0.0000169. The van der Waals surface area contributed by atoms with Gasteiger partial charge in [-0.2, -0.15) is 0 Å². The number of halogens is 1. The number of rotatable bonds is 7. The molecule has 27 heavy (non-hydrogen) atoms. The Bertz CT molecular complexity index is 695. The zero-order valence-corrected chi connectivity index (χ0v) is 17.0. The molecular weight excluding hydrogens is 368 g/mol. The van der Waals surface area contributed by atoms with E-state index in [1.807, 2.05) is 9.58 Å². The molecule has 1 amide bonds. The summed E-state index contributed by atoms with van der Waals surface area (Å²) in [6.45, 7) is 9.38. The predicted octanol–water partition coefficient (Wildman–Crippen LogP) is -0.460. The summed E-state index contributed by atoms with van der Waals surface area (Å²) in [5.41, 5.74) is 0.